The van der Waals surface area contributed by atoms with Crippen LogP contribution in [0.3, 0.4) is 0 Å². The summed E-state index contributed by atoms with van der Waals surface area (Å²) in [6.07, 6.45) is 4.88. The Kier molecular flexibility index (Phi) is 2.40. The molecule has 0 saturated heterocycles. The molecule has 0 aliphatic heterocycles. The minimum atomic E-state index is -0.354. The Bertz CT molecular complexity index is 525. The molecule has 0 aliphatic rings. The van der Waals surface area contributed by atoms with Crippen LogP contribution in [0.5, 0.6) is 0 Å². The van der Waals surface area contributed by atoms with E-state index in [2.05, 4.69) is 20.3 Å². The Balaban J connectivity index is 2.30. The highest BCUT2D eigenvalue weighted by molar-refractivity contribution is 5.78. The SMILES string of the molecule is Cc1n[nH]c(=O)n1/N=C/c1cccnc1. The zero-order chi connectivity index (χ0) is 10.7. The van der Waals surface area contributed by atoms with Gasteiger partial charge in [0.15, 0.2) is 5.82 Å². The van der Waals surface area contributed by atoms with Crippen molar-refractivity contribution < 1.29 is 0 Å². The van der Waals surface area contributed by atoms with E-state index in [9.17, 15) is 4.79 Å². The van der Waals surface area contributed by atoms with Crippen LogP contribution in [0.4, 0.5) is 0 Å². The van der Waals surface area contributed by atoms with Gasteiger partial charge in [-0.2, -0.15) is 14.9 Å². The second-order valence-electron chi connectivity index (χ2n) is 2.92. The predicted molar refractivity (Wildman–Crippen MR) is 54.8 cm³/mol. The summed E-state index contributed by atoms with van der Waals surface area (Å²) < 4.78 is 1.19. The van der Waals surface area contributed by atoms with Crippen molar-refractivity contribution in [3.63, 3.8) is 0 Å². The molecular formula is C9H9N5O. The largest absolute Gasteiger partial charge is 0.364 e. The monoisotopic (exact) mass is 203 g/mol. The zero-order valence-electron chi connectivity index (χ0n) is 8.08. The molecule has 2 rings (SSSR count). The predicted octanol–water partition coefficient (Wildman–Crippen LogP) is 0.157. The van der Waals surface area contributed by atoms with Gasteiger partial charge in [-0.05, 0) is 13.0 Å². The van der Waals surface area contributed by atoms with Crippen molar-refractivity contribution in [2.24, 2.45) is 5.10 Å². The van der Waals surface area contributed by atoms with Crippen molar-refractivity contribution in [3.05, 3.63) is 46.4 Å². The van der Waals surface area contributed by atoms with Crippen LogP contribution in [0.15, 0.2) is 34.4 Å². The first-order valence-electron chi connectivity index (χ1n) is 4.36. The quantitative estimate of drug-likeness (QED) is 0.706. The van der Waals surface area contributed by atoms with E-state index in [-0.39, 0.29) is 5.69 Å². The maximum Gasteiger partial charge on any atom is 0.364 e. The Hall–Kier alpha value is -2.24. The van der Waals surface area contributed by atoms with E-state index in [4.69, 9.17) is 0 Å². The van der Waals surface area contributed by atoms with E-state index in [0.717, 1.165) is 5.56 Å². The molecule has 6 heteroatoms. The van der Waals surface area contributed by atoms with Crippen molar-refractivity contribution in [1.82, 2.24) is 19.9 Å². The summed E-state index contributed by atoms with van der Waals surface area (Å²) in [6.45, 7) is 1.69. The lowest BCUT2D eigenvalue weighted by Crippen LogP contribution is -2.13. The molecule has 2 heterocycles. The van der Waals surface area contributed by atoms with E-state index in [1.807, 2.05) is 6.07 Å². The van der Waals surface area contributed by atoms with Crippen LogP contribution in [0.1, 0.15) is 11.4 Å². The van der Waals surface area contributed by atoms with Crippen molar-refractivity contribution in [2.75, 3.05) is 0 Å². The molecule has 0 fully saturated rings. The smallest absolute Gasteiger partial charge is 0.264 e. The third kappa shape index (κ3) is 1.98. The van der Waals surface area contributed by atoms with Gasteiger partial charge in [0, 0.05) is 18.0 Å². The molecule has 0 aromatic carbocycles. The van der Waals surface area contributed by atoms with Gasteiger partial charge >= 0.3 is 5.69 Å². The highest BCUT2D eigenvalue weighted by atomic mass is 16.2. The molecule has 0 unspecified atom stereocenters. The Morgan fingerprint density at radius 2 is 2.47 bits per heavy atom. The molecule has 0 aliphatic carbocycles. The number of hydrogen-bond acceptors (Lipinski definition) is 4. The summed E-state index contributed by atoms with van der Waals surface area (Å²) in [5, 5.41) is 10.0. The standard InChI is InChI=1S/C9H9N5O/c1-7-12-13-9(15)14(7)11-6-8-3-2-4-10-5-8/h2-6H,1H3,(H,13,15)/b11-6+. The lowest BCUT2D eigenvalue weighted by atomic mass is 10.3. The second-order valence-corrected chi connectivity index (χ2v) is 2.92. The molecule has 1 N–H and O–H groups in total. The number of nitrogens with one attached hydrogen (secondary N) is 1. The van der Waals surface area contributed by atoms with Gasteiger partial charge in [-0.15, -0.1) is 0 Å². The summed E-state index contributed by atoms with van der Waals surface area (Å²) >= 11 is 0. The molecule has 0 radical (unpaired) electrons. The summed E-state index contributed by atoms with van der Waals surface area (Å²) in [7, 11) is 0. The van der Waals surface area contributed by atoms with Crippen LogP contribution in [-0.2, 0) is 0 Å². The lowest BCUT2D eigenvalue weighted by molar-refractivity contribution is 0.800. The number of H-pyrrole nitrogens is 1. The molecule has 2 aromatic rings. The fourth-order valence-corrected chi connectivity index (χ4v) is 1.08. The number of aryl methyl sites for hydroxylation is 1. The average Bonchev–Trinajstić information content (AvgIpc) is 2.58. The number of nitrogens with zero attached hydrogens (tertiary/aromatic N) is 4. The molecule has 0 amide bonds. The van der Waals surface area contributed by atoms with Crippen molar-refractivity contribution in [3.8, 4) is 0 Å². The van der Waals surface area contributed by atoms with Gasteiger partial charge in [0.1, 0.15) is 0 Å². The molecule has 76 valence electrons. The van der Waals surface area contributed by atoms with E-state index >= 15 is 0 Å². The van der Waals surface area contributed by atoms with Crippen LogP contribution in [0, 0.1) is 6.92 Å². The number of rotatable bonds is 2. The van der Waals surface area contributed by atoms with Gasteiger partial charge in [-0.3, -0.25) is 4.98 Å². The zero-order valence-corrected chi connectivity index (χ0v) is 8.08. The molecule has 0 saturated carbocycles. The van der Waals surface area contributed by atoms with Crippen LogP contribution in [-0.4, -0.2) is 26.1 Å². The Labute approximate surface area is 85.3 Å². The first-order chi connectivity index (χ1) is 7.27. The Morgan fingerprint density at radius 3 is 3.07 bits per heavy atom. The third-order valence-corrected chi connectivity index (χ3v) is 1.82. The molecule has 0 bridgehead atoms. The van der Waals surface area contributed by atoms with Crippen LogP contribution in [0.25, 0.3) is 0 Å². The molecule has 15 heavy (non-hydrogen) atoms. The lowest BCUT2D eigenvalue weighted by Gasteiger charge is -1.92. The van der Waals surface area contributed by atoms with Gasteiger partial charge < -0.3 is 0 Å². The molecule has 0 atom stereocenters. The minimum absolute atomic E-state index is 0.354. The molecule has 6 nitrogen and oxygen atoms in total. The maximum absolute atomic E-state index is 11.2. The highest BCUT2D eigenvalue weighted by Gasteiger charge is 1.99. The Morgan fingerprint density at radius 1 is 1.60 bits per heavy atom. The van der Waals surface area contributed by atoms with E-state index in [1.165, 1.54) is 4.68 Å². The number of pyridine rings is 1. The average molecular weight is 203 g/mol. The summed E-state index contributed by atoms with van der Waals surface area (Å²) in [4.78, 5) is 15.1. The van der Waals surface area contributed by atoms with Crippen molar-refractivity contribution in [1.29, 1.82) is 0 Å². The normalized spacial score (nSPS) is 11.0. The van der Waals surface area contributed by atoms with Gasteiger partial charge in [0.2, 0.25) is 0 Å². The topological polar surface area (TPSA) is 75.9 Å². The summed E-state index contributed by atoms with van der Waals surface area (Å²) in [5.41, 5.74) is 0.470. The van der Waals surface area contributed by atoms with Crippen LogP contribution in [0.2, 0.25) is 0 Å². The summed E-state index contributed by atoms with van der Waals surface area (Å²) in [6, 6.07) is 3.64. The first-order valence-corrected chi connectivity index (χ1v) is 4.36. The van der Waals surface area contributed by atoms with E-state index in [1.54, 1.807) is 31.6 Å². The van der Waals surface area contributed by atoms with Crippen molar-refractivity contribution in [2.45, 2.75) is 6.92 Å². The number of hydrogen-bond donors (Lipinski definition) is 1. The second kappa shape index (κ2) is 3.87. The van der Waals surface area contributed by atoms with Crippen LogP contribution >= 0.6 is 0 Å². The van der Waals surface area contributed by atoms with Gasteiger partial charge in [-0.25, -0.2) is 9.89 Å². The fourth-order valence-electron chi connectivity index (χ4n) is 1.08. The highest BCUT2D eigenvalue weighted by Crippen LogP contribution is 1.92. The van der Waals surface area contributed by atoms with E-state index in [0.29, 0.717) is 5.82 Å². The third-order valence-electron chi connectivity index (χ3n) is 1.82. The van der Waals surface area contributed by atoms with Crippen LogP contribution < -0.4 is 5.69 Å². The maximum atomic E-state index is 11.2. The minimum Gasteiger partial charge on any atom is -0.264 e. The number of aromatic amines is 1. The molecule has 2 aromatic heterocycles. The van der Waals surface area contributed by atoms with Gasteiger partial charge in [0.25, 0.3) is 0 Å². The van der Waals surface area contributed by atoms with Gasteiger partial charge in [0.05, 0.1) is 6.21 Å². The van der Waals surface area contributed by atoms with Gasteiger partial charge in [-0.1, -0.05) is 6.07 Å². The molecule has 0 spiro atoms. The van der Waals surface area contributed by atoms with Crippen molar-refractivity contribution >= 4 is 6.21 Å². The van der Waals surface area contributed by atoms with E-state index < -0.39 is 0 Å². The fraction of sp³-hybridized carbons (Fsp3) is 0.111. The summed E-state index contributed by atoms with van der Waals surface area (Å²) in [5.74, 6) is 0.514. The molecular weight excluding hydrogens is 194 g/mol. The number of aromatic nitrogens is 4. The first kappa shape index (κ1) is 9.32.